The Hall–Kier alpha value is -1.40. The van der Waals surface area contributed by atoms with E-state index in [0.29, 0.717) is 0 Å². The van der Waals surface area contributed by atoms with Gasteiger partial charge in [-0.15, -0.1) is 0 Å². The van der Waals surface area contributed by atoms with Crippen LogP contribution in [0.15, 0.2) is 12.4 Å². The Balaban J connectivity index is 1.76. The fraction of sp³-hybridized carbons (Fsp3) is 0.714. The molecule has 6 heteroatoms. The predicted octanol–water partition coefficient (Wildman–Crippen LogP) is 0.927. The molecule has 6 nitrogen and oxygen atoms in total. The lowest BCUT2D eigenvalue weighted by Crippen LogP contribution is -2.46. The summed E-state index contributed by atoms with van der Waals surface area (Å²) < 4.78 is 11.2. The van der Waals surface area contributed by atoms with Gasteiger partial charge in [-0.05, 0) is 13.8 Å². The first-order valence-electron chi connectivity index (χ1n) is 7.27. The van der Waals surface area contributed by atoms with Crippen LogP contribution in [0.4, 0.5) is 11.6 Å². The minimum absolute atomic E-state index is 0.237. The van der Waals surface area contributed by atoms with E-state index in [2.05, 4.69) is 39.7 Å². The minimum Gasteiger partial charge on any atom is -0.378 e. The molecule has 0 aromatic carbocycles. The number of hydrogen-bond acceptors (Lipinski definition) is 6. The van der Waals surface area contributed by atoms with Crippen molar-refractivity contribution in [3.05, 3.63) is 12.4 Å². The molecule has 0 amide bonds. The average molecular weight is 278 g/mol. The monoisotopic (exact) mass is 278 g/mol. The van der Waals surface area contributed by atoms with Gasteiger partial charge in [0.1, 0.15) is 18.0 Å². The molecule has 0 saturated carbocycles. The number of anilines is 2. The molecule has 20 heavy (non-hydrogen) atoms. The Morgan fingerprint density at radius 2 is 1.60 bits per heavy atom. The number of rotatable bonds is 2. The second-order valence-corrected chi connectivity index (χ2v) is 5.50. The maximum Gasteiger partial charge on any atom is 0.134 e. The summed E-state index contributed by atoms with van der Waals surface area (Å²) in [6.45, 7) is 9.29. The van der Waals surface area contributed by atoms with Gasteiger partial charge in [0, 0.05) is 32.2 Å². The zero-order valence-electron chi connectivity index (χ0n) is 12.2. The van der Waals surface area contributed by atoms with E-state index in [-0.39, 0.29) is 12.2 Å². The van der Waals surface area contributed by atoms with Crippen LogP contribution in [-0.4, -0.2) is 61.6 Å². The van der Waals surface area contributed by atoms with Gasteiger partial charge in [-0.2, -0.15) is 0 Å². The molecule has 2 aliphatic rings. The highest BCUT2D eigenvalue weighted by atomic mass is 16.5. The lowest BCUT2D eigenvalue weighted by atomic mass is 10.2. The number of nitrogens with zero attached hydrogens (tertiary/aromatic N) is 4. The minimum atomic E-state index is 0.237. The van der Waals surface area contributed by atoms with Gasteiger partial charge in [0.05, 0.1) is 25.4 Å². The van der Waals surface area contributed by atoms with Crippen molar-refractivity contribution in [1.82, 2.24) is 9.97 Å². The van der Waals surface area contributed by atoms with Crippen LogP contribution in [0.25, 0.3) is 0 Å². The zero-order valence-corrected chi connectivity index (χ0v) is 12.2. The summed E-state index contributed by atoms with van der Waals surface area (Å²) in [7, 11) is 0. The van der Waals surface area contributed by atoms with Crippen molar-refractivity contribution < 1.29 is 9.47 Å². The standard InChI is InChI=1S/C14H22N4O2/c1-11-8-18(9-12(2)20-11)14-7-13(15-10-16-14)17-3-5-19-6-4-17/h7,10-12H,3-6,8-9H2,1-2H3/t11-,12+. The number of ether oxygens (including phenoxy) is 2. The van der Waals surface area contributed by atoms with Crippen LogP contribution >= 0.6 is 0 Å². The topological polar surface area (TPSA) is 50.7 Å². The highest BCUT2D eigenvalue weighted by Gasteiger charge is 2.24. The molecule has 2 atom stereocenters. The molecule has 0 spiro atoms. The smallest absolute Gasteiger partial charge is 0.134 e. The van der Waals surface area contributed by atoms with Crippen LogP contribution in [0.1, 0.15) is 13.8 Å². The zero-order chi connectivity index (χ0) is 13.9. The van der Waals surface area contributed by atoms with Crippen molar-refractivity contribution in [2.24, 2.45) is 0 Å². The fourth-order valence-corrected chi connectivity index (χ4v) is 2.84. The maximum atomic E-state index is 5.77. The van der Waals surface area contributed by atoms with E-state index in [1.54, 1.807) is 6.33 Å². The van der Waals surface area contributed by atoms with E-state index in [1.807, 2.05) is 0 Å². The maximum absolute atomic E-state index is 5.77. The largest absolute Gasteiger partial charge is 0.378 e. The molecular formula is C14H22N4O2. The number of hydrogen-bond donors (Lipinski definition) is 0. The Labute approximate surface area is 119 Å². The van der Waals surface area contributed by atoms with Gasteiger partial charge in [0.2, 0.25) is 0 Å². The Bertz CT molecular complexity index is 441. The third-order valence-corrected chi connectivity index (χ3v) is 3.72. The highest BCUT2D eigenvalue weighted by Crippen LogP contribution is 2.22. The lowest BCUT2D eigenvalue weighted by Gasteiger charge is -2.36. The van der Waals surface area contributed by atoms with Crippen molar-refractivity contribution >= 4 is 11.6 Å². The summed E-state index contributed by atoms with van der Waals surface area (Å²) in [4.78, 5) is 13.4. The predicted molar refractivity (Wildman–Crippen MR) is 77.3 cm³/mol. The van der Waals surface area contributed by atoms with Crippen LogP contribution < -0.4 is 9.80 Å². The van der Waals surface area contributed by atoms with Crippen molar-refractivity contribution in [3.8, 4) is 0 Å². The average Bonchev–Trinajstić information content (AvgIpc) is 2.47. The van der Waals surface area contributed by atoms with Crippen LogP contribution in [-0.2, 0) is 9.47 Å². The molecule has 1 aromatic rings. The molecule has 2 saturated heterocycles. The molecule has 110 valence electrons. The van der Waals surface area contributed by atoms with E-state index < -0.39 is 0 Å². The Morgan fingerprint density at radius 3 is 2.25 bits per heavy atom. The van der Waals surface area contributed by atoms with E-state index in [4.69, 9.17) is 9.47 Å². The van der Waals surface area contributed by atoms with Gasteiger partial charge >= 0.3 is 0 Å². The van der Waals surface area contributed by atoms with Crippen LogP contribution in [0.3, 0.4) is 0 Å². The molecule has 2 fully saturated rings. The van der Waals surface area contributed by atoms with Crippen molar-refractivity contribution in [2.45, 2.75) is 26.1 Å². The first kappa shape index (κ1) is 13.6. The molecular weight excluding hydrogens is 256 g/mol. The van der Waals surface area contributed by atoms with Crippen LogP contribution in [0, 0.1) is 0 Å². The lowest BCUT2D eigenvalue weighted by molar-refractivity contribution is -0.00546. The third kappa shape index (κ3) is 3.02. The molecule has 0 radical (unpaired) electrons. The van der Waals surface area contributed by atoms with Gasteiger partial charge in [-0.3, -0.25) is 0 Å². The second-order valence-electron chi connectivity index (χ2n) is 5.50. The van der Waals surface area contributed by atoms with Gasteiger partial charge in [0.15, 0.2) is 0 Å². The molecule has 3 heterocycles. The highest BCUT2D eigenvalue weighted by molar-refractivity contribution is 5.50. The molecule has 0 aliphatic carbocycles. The molecule has 0 N–H and O–H groups in total. The SMILES string of the molecule is C[C@@H]1CN(c2cc(N3CCOCC3)ncn2)C[C@H](C)O1. The van der Waals surface area contributed by atoms with E-state index in [1.165, 1.54) is 0 Å². The van der Waals surface area contributed by atoms with Crippen molar-refractivity contribution in [1.29, 1.82) is 0 Å². The summed E-state index contributed by atoms with van der Waals surface area (Å²) in [5, 5.41) is 0. The van der Waals surface area contributed by atoms with Crippen LogP contribution in [0.5, 0.6) is 0 Å². The third-order valence-electron chi connectivity index (χ3n) is 3.72. The molecule has 0 bridgehead atoms. The normalized spacial score (nSPS) is 27.7. The Morgan fingerprint density at radius 1 is 1.00 bits per heavy atom. The van der Waals surface area contributed by atoms with Gasteiger partial charge in [-0.1, -0.05) is 0 Å². The summed E-state index contributed by atoms with van der Waals surface area (Å²) >= 11 is 0. The first-order valence-corrected chi connectivity index (χ1v) is 7.27. The summed E-state index contributed by atoms with van der Waals surface area (Å²) in [6, 6.07) is 2.08. The van der Waals surface area contributed by atoms with E-state index >= 15 is 0 Å². The summed E-state index contributed by atoms with van der Waals surface area (Å²) in [6.07, 6.45) is 2.13. The summed E-state index contributed by atoms with van der Waals surface area (Å²) in [5.41, 5.74) is 0. The van der Waals surface area contributed by atoms with Crippen molar-refractivity contribution in [3.63, 3.8) is 0 Å². The number of morpholine rings is 2. The van der Waals surface area contributed by atoms with Gasteiger partial charge in [0.25, 0.3) is 0 Å². The molecule has 3 rings (SSSR count). The molecule has 1 aromatic heterocycles. The molecule has 2 aliphatic heterocycles. The van der Waals surface area contributed by atoms with E-state index in [9.17, 15) is 0 Å². The fourth-order valence-electron chi connectivity index (χ4n) is 2.84. The quantitative estimate of drug-likeness (QED) is 0.802. The number of aromatic nitrogens is 2. The van der Waals surface area contributed by atoms with Crippen LogP contribution in [0.2, 0.25) is 0 Å². The molecule has 0 unspecified atom stereocenters. The second kappa shape index (κ2) is 5.93. The van der Waals surface area contributed by atoms with Crippen molar-refractivity contribution in [2.75, 3.05) is 49.2 Å². The Kier molecular flexibility index (Phi) is 4.03. The van der Waals surface area contributed by atoms with Gasteiger partial charge in [-0.25, -0.2) is 9.97 Å². The first-order chi connectivity index (χ1) is 9.72. The van der Waals surface area contributed by atoms with Gasteiger partial charge < -0.3 is 19.3 Å². The summed E-state index contributed by atoms with van der Waals surface area (Å²) in [5.74, 6) is 1.98. The van der Waals surface area contributed by atoms with E-state index in [0.717, 1.165) is 51.0 Å².